The Morgan fingerprint density at radius 2 is 2.12 bits per heavy atom. The van der Waals surface area contributed by atoms with Crippen molar-refractivity contribution in [1.82, 2.24) is 20.1 Å². The van der Waals surface area contributed by atoms with E-state index >= 15 is 0 Å². The van der Waals surface area contributed by atoms with E-state index in [1.807, 2.05) is 28.8 Å². The summed E-state index contributed by atoms with van der Waals surface area (Å²) in [4.78, 5) is 12.8. The molecule has 134 valence electrons. The highest BCUT2D eigenvalue weighted by Gasteiger charge is 2.57. The number of halogens is 1. The second-order valence-corrected chi connectivity index (χ2v) is 6.84. The molecule has 1 amide bonds. The van der Waals surface area contributed by atoms with Crippen molar-refractivity contribution in [3.8, 4) is 11.4 Å². The second kappa shape index (κ2) is 7.14. The normalized spacial score (nSPS) is 20.8. The van der Waals surface area contributed by atoms with Gasteiger partial charge in [-0.25, -0.2) is 0 Å². The fourth-order valence-corrected chi connectivity index (χ4v) is 3.90. The van der Waals surface area contributed by atoms with Gasteiger partial charge in [-0.05, 0) is 56.8 Å². The monoisotopic (exact) mass is 361 g/mol. The molecule has 2 heterocycles. The number of nitrogens with zero attached hydrogens (tertiary/aromatic N) is 3. The van der Waals surface area contributed by atoms with E-state index in [-0.39, 0.29) is 29.6 Å². The highest BCUT2D eigenvalue weighted by molar-refractivity contribution is 5.98. The minimum absolute atomic E-state index is 0. The highest BCUT2D eigenvalue weighted by Crippen LogP contribution is 2.58. The zero-order chi connectivity index (χ0) is 16.6. The molecule has 1 aromatic heterocycles. The summed E-state index contributed by atoms with van der Waals surface area (Å²) in [5, 5.41) is 14.7. The lowest BCUT2D eigenvalue weighted by Crippen LogP contribution is -2.31. The topological polar surface area (TPSA) is 71.8 Å². The quantitative estimate of drug-likeness (QED) is 0.878. The molecular weight excluding hydrogens is 338 g/mol. The van der Waals surface area contributed by atoms with E-state index in [0.717, 1.165) is 56.0 Å². The number of nitrogens with one attached hydrogen (secondary N) is 2. The van der Waals surface area contributed by atoms with Crippen LogP contribution in [-0.2, 0) is 11.3 Å². The Bertz CT molecular complexity index is 753. The van der Waals surface area contributed by atoms with Crippen LogP contribution in [-0.4, -0.2) is 33.8 Å². The molecule has 7 heteroatoms. The Morgan fingerprint density at radius 3 is 2.88 bits per heavy atom. The minimum atomic E-state index is 0. The van der Waals surface area contributed by atoms with Gasteiger partial charge in [-0.1, -0.05) is 12.1 Å². The summed E-state index contributed by atoms with van der Waals surface area (Å²) in [6, 6.07) is 7.84. The van der Waals surface area contributed by atoms with Crippen LogP contribution in [0.2, 0.25) is 0 Å². The molecule has 2 aliphatic rings. The van der Waals surface area contributed by atoms with Gasteiger partial charge in [0.1, 0.15) is 6.33 Å². The van der Waals surface area contributed by atoms with Crippen LogP contribution < -0.4 is 10.6 Å². The molecular formula is C18H24ClN5O. The van der Waals surface area contributed by atoms with E-state index in [1.54, 1.807) is 6.33 Å². The van der Waals surface area contributed by atoms with E-state index in [1.165, 1.54) is 0 Å². The fraction of sp³-hybridized carbons (Fsp3) is 0.500. The molecule has 1 aliphatic heterocycles. The van der Waals surface area contributed by atoms with Gasteiger partial charge in [0.25, 0.3) is 0 Å². The van der Waals surface area contributed by atoms with Crippen molar-refractivity contribution in [2.45, 2.75) is 32.7 Å². The third-order valence-corrected chi connectivity index (χ3v) is 5.49. The number of hydrogen-bond acceptors (Lipinski definition) is 4. The molecule has 2 N–H and O–H groups in total. The lowest BCUT2D eigenvalue weighted by molar-refractivity contribution is -0.118. The first-order chi connectivity index (χ1) is 11.7. The van der Waals surface area contributed by atoms with Crippen molar-refractivity contribution in [2.24, 2.45) is 11.3 Å². The number of carbonyl (C=O) groups is 1. The Hall–Kier alpha value is -1.92. The van der Waals surface area contributed by atoms with Crippen molar-refractivity contribution in [3.63, 3.8) is 0 Å². The van der Waals surface area contributed by atoms with Gasteiger partial charge in [0.05, 0.1) is 5.69 Å². The first kappa shape index (κ1) is 17.9. The van der Waals surface area contributed by atoms with Crippen molar-refractivity contribution in [3.05, 3.63) is 30.6 Å². The van der Waals surface area contributed by atoms with Gasteiger partial charge >= 0.3 is 0 Å². The molecule has 2 fully saturated rings. The average molecular weight is 362 g/mol. The molecule has 1 aromatic carbocycles. The average Bonchev–Trinajstić information content (AvgIpc) is 3.09. The predicted molar refractivity (Wildman–Crippen MR) is 99.7 cm³/mol. The van der Waals surface area contributed by atoms with Crippen LogP contribution in [0.25, 0.3) is 11.4 Å². The van der Waals surface area contributed by atoms with E-state index in [2.05, 4.69) is 27.8 Å². The predicted octanol–water partition coefficient (Wildman–Crippen LogP) is 2.72. The number of rotatable bonds is 4. The van der Waals surface area contributed by atoms with Crippen LogP contribution in [0.5, 0.6) is 0 Å². The maximum atomic E-state index is 12.8. The van der Waals surface area contributed by atoms with Crippen LogP contribution in [0.4, 0.5) is 5.69 Å². The number of amides is 1. The minimum Gasteiger partial charge on any atom is -0.325 e. The molecule has 0 radical (unpaired) electrons. The summed E-state index contributed by atoms with van der Waals surface area (Å²) in [7, 11) is 0. The first-order valence-electron chi connectivity index (χ1n) is 8.72. The van der Waals surface area contributed by atoms with Gasteiger partial charge in [-0.3, -0.25) is 4.79 Å². The number of piperidine rings is 1. The zero-order valence-corrected chi connectivity index (χ0v) is 15.2. The third-order valence-electron chi connectivity index (χ3n) is 5.49. The zero-order valence-electron chi connectivity index (χ0n) is 14.4. The van der Waals surface area contributed by atoms with Gasteiger partial charge in [0.2, 0.25) is 5.91 Å². The van der Waals surface area contributed by atoms with Gasteiger partial charge < -0.3 is 15.2 Å². The molecule has 6 nitrogen and oxygen atoms in total. The summed E-state index contributed by atoms with van der Waals surface area (Å²) in [5.74, 6) is 1.09. The number of hydrogen-bond donors (Lipinski definition) is 2. The van der Waals surface area contributed by atoms with E-state index in [0.29, 0.717) is 0 Å². The van der Waals surface area contributed by atoms with Crippen LogP contribution in [0.15, 0.2) is 30.6 Å². The molecule has 1 aliphatic carbocycles. The molecule has 4 rings (SSSR count). The summed E-state index contributed by atoms with van der Waals surface area (Å²) in [6.45, 7) is 4.91. The van der Waals surface area contributed by atoms with E-state index < -0.39 is 0 Å². The summed E-state index contributed by atoms with van der Waals surface area (Å²) < 4.78 is 1.98. The molecule has 2 aromatic rings. The summed E-state index contributed by atoms with van der Waals surface area (Å²) >= 11 is 0. The largest absolute Gasteiger partial charge is 0.325 e. The van der Waals surface area contributed by atoms with Crippen molar-refractivity contribution in [1.29, 1.82) is 0 Å². The third kappa shape index (κ3) is 3.28. The van der Waals surface area contributed by atoms with Gasteiger partial charge in [0, 0.05) is 18.0 Å². The number of anilines is 1. The first-order valence-corrected chi connectivity index (χ1v) is 8.72. The number of benzene rings is 1. The molecule has 1 atom stereocenters. The van der Waals surface area contributed by atoms with Crippen molar-refractivity contribution >= 4 is 24.0 Å². The SMILES string of the molecule is CCn1cnnc1-c1ccccc1NC(=O)C1CC12CCNCC2.Cl. The number of aromatic nitrogens is 3. The van der Waals surface area contributed by atoms with Gasteiger partial charge in [0.15, 0.2) is 5.82 Å². The Balaban J connectivity index is 0.00000182. The Kier molecular flexibility index (Phi) is 5.11. The van der Waals surface area contributed by atoms with Crippen LogP contribution >= 0.6 is 12.4 Å². The second-order valence-electron chi connectivity index (χ2n) is 6.84. The van der Waals surface area contributed by atoms with E-state index in [9.17, 15) is 4.79 Å². The van der Waals surface area contributed by atoms with Crippen LogP contribution in [0, 0.1) is 11.3 Å². The maximum absolute atomic E-state index is 12.8. The molecule has 0 bridgehead atoms. The molecule has 1 spiro atoms. The van der Waals surface area contributed by atoms with Crippen LogP contribution in [0.1, 0.15) is 26.2 Å². The number of carbonyl (C=O) groups excluding carboxylic acids is 1. The molecule has 1 saturated carbocycles. The van der Waals surface area contributed by atoms with Crippen molar-refractivity contribution < 1.29 is 4.79 Å². The lowest BCUT2D eigenvalue weighted by atomic mass is 9.91. The van der Waals surface area contributed by atoms with Crippen LogP contribution in [0.3, 0.4) is 0 Å². The number of para-hydroxylation sites is 1. The Morgan fingerprint density at radius 1 is 1.36 bits per heavy atom. The van der Waals surface area contributed by atoms with E-state index in [4.69, 9.17) is 0 Å². The van der Waals surface area contributed by atoms with Gasteiger partial charge in [-0.15, -0.1) is 22.6 Å². The maximum Gasteiger partial charge on any atom is 0.228 e. The smallest absolute Gasteiger partial charge is 0.228 e. The molecule has 25 heavy (non-hydrogen) atoms. The standard InChI is InChI=1S/C18H23N5O.ClH/c1-2-23-12-20-22-16(23)13-5-3-4-6-15(13)21-17(24)14-11-18(14)7-9-19-10-8-18;/h3-6,12,14,19H,2,7-11H2,1H3,(H,21,24);1H. The molecule has 1 unspecified atom stereocenters. The number of aryl methyl sites for hydroxylation is 1. The lowest BCUT2D eigenvalue weighted by Gasteiger charge is -2.23. The highest BCUT2D eigenvalue weighted by atomic mass is 35.5. The van der Waals surface area contributed by atoms with Crippen molar-refractivity contribution in [2.75, 3.05) is 18.4 Å². The Labute approximate surface area is 153 Å². The fourth-order valence-electron chi connectivity index (χ4n) is 3.90. The summed E-state index contributed by atoms with van der Waals surface area (Å²) in [6.07, 6.45) is 4.96. The summed E-state index contributed by atoms with van der Waals surface area (Å²) in [5.41, 5.74) is 1.99. The molecule has 1 saturated heterocycles. The van der Waals surface area contributed by atoms with Gasteiger partial charge in [-0.2, -0.15) is 0 Å².